The van der Waals surface area contributed by atoms with Crippen molar-refractivity contribution in [2.24, 2.45) is 5.92 Å². The quantitative estimate of drug-likeness (QED) is 0.386. The Morgan fingerprint density at radius 3 is 2.20 bits per heavy atom. The number of benzene rings is 2. The Balaban J connectivity index is 1.98. The molecule has 0 fully saturated rings. The SMILES string of the molecule is CCOC(Cc1ccc(OCCN(CCC(C)C)C(=O)Nc2c(C)cc(C)cc2C)cc1)C(=O)O. The number of hydrogen-bond acceptors (Lipinski definition) is 4. The smallest absolute Gasteiger partial charge is 0.333 e. The number of rotatable bonds is 13. The maximum atomic E-state index is 13.1. The van der Waals surface area contributed by atoms with Gasteiger partial charge in [0.25, 0.3) is 0 Å². The number of carboxylic acids is 1. The van der Waals surface area contributed by atoms with Crippen molar-refractivity contribution >= 4 is 17.7 Å². The van der Waals surface area contributed by atoms with Crippen LogP contribution in [0.1, 0.15) is 49.4 Å². The molecule has 0 aliphatic heterocycles. The highest BCUT2D eigenvalue weighted by atomic mass is 16.5. The lowest BCUT2D eigenvalue weighted by atomic mass is 10.1. The second-order valence-corrected chi connectivity index (χ2v) is 9.35. The first-order valence-corrected chi connectivity index (χ1v) is 12.3. The average Bonchev–Trinajstić information content (AvgIpc) is 2.78. The van der Waals surface area contributed by atoms with Crippen LogP contribution in [0.2, 0.25) is 0 Å². The molecule has 0 heterocycles. The first-order valence-electron chi connectivity index (χ1n) is 12.3. The Kier molecular flexibility index (Phi) is 11.1. The van der Waals surface area contributed by atoms with Crippen LogP contribution in [0.25, 0.3) is 0 Å². The minimum absolute atomic E-state index is 0.129. The molecule has 0 spiro atoms. The molecule has 1 unspecified atom stereocenters. The van der Waals surface area contributed by atoms with Gasteiger partial charge in [0.1, 0.15) is 12.4 Å². The molecule has 35 heavy (non-hydrogen) atoms. The van der Waals surface area contributed by atoms with Gasteiger partial charge in [0.15, 0.2) is 6.10 Å². The van der Waals surface area contributed by atoms with Gasteiger partial charge in [-0.1, -0.05) is 43.7 Å². The van der Waals surface area contributed by atoms with Crippen molar-refractivity contribution in [3.05, 3.63) is 58.7 Å². The third-order valence-corrected chi connectivity index (χ3v) is 5.79. The van der Waals surface area contributed by atoms with E-state index in [4.69, 9.17) is 9.47 Å². The minimum atomic E-state index is -0.969. The molecule has 0 aromatic heterocycles. The van der Waals surface area contributed by atoms with Gasteiger partial charge in [-0.2, -0.15) is 0 Å². The predicted molar refractivity (Wildman–Crippen MR) is 139 cm³/mol. The number of nitrogens with zero attached hydrogens (tertiary/aromatic N) is 1. The van der Waals surface area contributed by atoms with E-state index in [9.17, 15) is 14.7 Å². The number of anilines is 1. The van der Waals surface area contributed by atoms with E-state index in [0.29, 0.717) is 44.4 Å². The molecule has 2 aromatic carbocycles. The maximum Gasteiger partial charge on any atom is 0.333 e. The fourth-order valence-electron chi connectivity index (χ4n) is 3.92. The van der Waals surface area contributed by atoms with Crippen molar-refractivity contribution < 1.29 is 24.2 Å². The van der Waals surface area contributed by atoms with Crippen LogP contribution in [0.3, 0.4) is 0 Å². The fourth-order valence-corrected chi connectivity index (χ4v) is 3.92. The third kappa shape index (κ3) is 9.25. The number of carbonyl (C=O) groups excluding carboxylic acids is 1. The zero-order chi connectivity index (χ0) is 26.0. The van der Waals surface area contributed by atoms with Gasteiger partial charge in [-0.3, -0.25) is 0 Å². The van der Waals surface area contributed by atoms with Gasteiger partial charge >= 0.3 is 12.0 Å². The fraction of sp³-hybridized carbons (Fsp3) is 0.500. The van der Waals surface area contributed by atoms with E-state index in [0.717, 1.165) is 28.8 Å². The molecule has 0 bridgehead atoms. The Labute approximate surface area is 209 Å². The highest BCUT2D eigenvalue weighted by Gasteiger charge is 2.18. The molecule has 192 valence electrons. The van der Waals surface area contributed by atoms with E-state index in [2.05, 4.69) is 31.3 Å². The van der Waals surface area contributed by atoms with Crippen LogP contribution in [-0.4, -0.2) is 54.4 Å². The van der Waals surface area contributed by atoms with Crippen LogP contribution in [0, 0.1) is 26.7 Å². The van der Waals surface area contributed by atoms with Gasteiger partial charge in [-0.15, -0.1) is 0 Å². The number of urea groups is 1. The first kappa shape index (κ1) is 28.2. The molecule has 0 saturated carbocycles. The minimum Gasteiger partial charge on any atom is -0.492 e. The molecule has 1 atom stereocenters. The monoisotopic (exact) mass is 484 g/mol. The summed E-state index contributed by atoms with van der Waals surface area (Å²) in [4.78, 5) is 26.2. The number of aliphatic carboxylic acids is 1. The predicted octanol–water partition coefficient (Wildman–Crippen LogP) is 5.60. The van der Waals surface area contributed by atoms with Gasteiger partial charge in [-0.25, -0.2) is 9.59 Å². The van der Waals surface area contributed by atoms with Gasteiger partial charge < -0.3 is 24.8 Å². The van der Waals surface area contributed by atoms with E-state index in [1.807, 2.05) is 45.0 Å². The number of carbonyl (C=O) groups is 2. The molecule has 2 N–H and O–H groups in total. The number of hydrogen-bond donors (Lipinski definition) is 2. The lowest BCUT2D eigenvalue weighted by molar-refractivity contribution is -0.149. The highest BCUT2D eigenvalue weighted by Crippen LogP contribution is 2.22. The Bertz CT molecular complexity index is 949. The standard InChI is InChI=1S/C28H40N2O5/c1-7-34-25(27(31)32)18-23-8-10-24(11-9-23)35-15-14-30(13-12-19(2)3)28(33)29-26-21(5)16-20(4)17-22(26)6/h8-11,16-17,19,25H,7,12-15,18H2,1-6H3,(H,29,33)(H,31,32). The molecular formula is C28H40N2O5. The summed E-state index contributed by atoms with van der Waals surface area (Å²) in [5.74, 6) is 0.183. The van der Waals surface area contributed by atoms with Gasteiger partial charge in [0.2, 0.25) is 0 Å². The van der Waals surface area contributed by atoms with Crippen LogP contribution < -0.4 is 10.1 Å². The summed E-state index contributed by atoms with van der Waals surface area (Å²) in [7, 11) is 0. The maximum absolute atomic E-state index is 13.1. The summed E-state index contributed by atoms with van der Waals surface area (Å²) in [6.45, 7) is 13.9. The molecule has 2 rings (SSSR count). The van der Waals surface area contributed by atoms with E-state index >= 15 is 0 Å². The van der Waals surface area contributed by atoms with Gasteiger partial charge in [-0.05, 0) is 68.9 Å². The molecule has 0 aliphatic rings. The van der Waals surface area contributed by atoms with E-state index in [1.165, 1.54) is 5.56 Å². The van der Waals surface area contributed by atoms with Crippen molar-refractivity contribution in [1.29, 1.82) is 0 Å². The van der Waals surface area contributed by atoms with E-state index < -0.39 is 12.1 Å². The van der Waals surface area contributed by atoms with Crippen molar-refractivity contribution in [3.8, 4) is 5.75 Å². The molecule has 2 aromatic rings. The zero-order valence-corrected chi connectivity index (χ0v) is 21.9. The second kappa shape index (κ2) is 13.7. The van der Waals surface area contributed by atoms with Gasteiger partial charge in [0.05, 0.1) is 6.54 Å². The number of aryl methyl sites for hydroxylation is 3. The number of amides is 2. The normalized spacial score (nSPS) is 11.9. The van der Waals surface area contributed by atoms with Crippen molar-refractivity contribution in [1.82, 2.24) is 4.90 Å². The van der Waals surface area contributed by atoms with E-state index in [-0.39, 0.29) is 6.03 Å². The summed E-state index contributed by atoms with van der Waals surface area (Å²) in [6.07, 6.45) is 0.337. The van der Waals surface area contributed by atoms with Crippen LogP contribution >= 0.6 is 0 Å². The number of nitrogens with one attached hydrogen (secondary N) is 1. The van der Waals surface area contributed by atoms with Crippen LogP contribution in [0.15, 0.2) is 36.4 Å². The van der Waals surface area contributed by atoms with Crippen LogP contribution in [-0.2, 0) is 16.0 Å². The molecule has 0 radical (unpaired) electrons. The third-order valence-electron chi connectivity index (χ3n) is 5.79. The largest absolute Gasteiger partial charge is 0.492 e. The highest BCUT2D eigenvalue weighted by molar-refractivity contribution is 5.91. The molecular weight excluding hydrogens is 444 g/mol. The molecule has 2 amide bonds. The molecule has 7 heteroatoms. The topological polar surface area (TPSA) is 88.1 Å². The Morgan fingerprint density at radius 2 is 1.66 bits per heavy atom. The Hall–Kier alpha value is -3.06. The first-order chi connectivity index (χ1) is 16.6. The lowest BCUT2D eigenvalue weighted by Gasteiger charge is -2.25. The van der Waals surface area contributed by atoms with E-state index in [1.54, 1.807) is 11.8 Å². The number of ether oxygens (including phenoxy) is 2. The molecule has 7 nitrogen and oxygen atoms in total. The van der Waals surface area contributed by atoms with Crippen LogP contribution in [0.5, 0.6) is 5.75 Å². The average molecular weight is 485 g/mol. The second-order valence-electron chi connectivity index (χ2n) is 9.35. The number of carboxylic acid groups (broad SMARTS) is 1. The summed E-state index contributed by atoms with van der Waals surface area (Å²) >= 11 is 0. The van der Waals surface area contributed by atoms with Crippen molar-refractivity contribution in [2.45, 2.75) is 60.5 Å². The lowest BCUT2D eigenvalue weighted by Crippen LogP contribution is -2.39. The van der Waals surface area contributed by atoms with Crippen molar-refractivity contribution in [2.75, 3.05) is 31.6 Å². The molecule has 0 saturated heterocycles. The summed E-state index contributed by atoms with van der Waals surface area (Å²) in [6, 6.07) is 11.3. The van der Waals surface area contributed by atoms with Crippen LogP contribution in [0.4, 0.5) is 10.5 Å². The van der Waals surface area contributed by atoms with Crippen molar-refractivity contribution in [3.63, 3.8) is 0 Å². The zero-order valence-electron chi connectivity index (χ0n) is 21.9. The summed E-state index contributed by atoms with van der Waals surface area (Å²) in [5, 5.41) is 12.4. The molecule has 0 aliphatic carbocycles. The summed E-state index contributed by atoms with van der Waals surface area (Å²) in [5.41, 5.74) is 4.99. The Morgan fingerprint density at radius 1 is 1.03 bits per heavy atom. The summed E-state index contributed by atoms with van der Waals surface area (Å²) < 4.78 is 11.2. The van der Waals surface area contributed by atoms with Gasteiger partial charge in [0, 0.05) is 25.3 Å².